The highest BCUT2D eigenvalue weighted by Gasteiger charge is 2.43. The Morgan fingerprint density at radius 1 is 1.03 bits per heavy atom. The average Bonchev–Trinajstić information content (AvgIpc) is 3.62. The van der Waals surface area contributed by atoms with Gasteiger partial charge in [0.05, 0.1) is 17.3 Å². The fourth-order valence-electron chi connectivity index (χ4n) is 4.40. The Labute approximate surface area is 205 Å². The number of carbonyl (C=O) groups is 1. The third-order valence-electron chi connectivity index (χ3n) is 6.07. The van der Waals surface area contributed by atoms with Crippen LogP contribution < -0.4 is 19.7 Å². The van der Waals surface area contributed by atoms with Gasteiger partial charge in [0.2, 0.25) is 6.79 Å². The van der Waals surface area contributed by atoms with Crippen LogP contribution in [-0.2, 0) is 0 Å². The second-order valence-corrected chi connectivity index (χ2v) is 8.51. The number of aromatic nitrogens is 1. The van der Waals surface area contributed by atoms with Gasteiger partial charge in [0.25, 0.3) is 0 Å². The number of benzene rings is 2. The Morgan fingerprint density at radius 3 is 2.63 bits per heavy atom. The van der Waals surface area contributed by atoms with Crippen LogP contribution in [0.15, 0.2) is 83.4 Å². The van der Waals surface area contributed by atoms with E-state index >= 15 is 0 Å². The molecule has 9 heteroatoms. The lowest BCUT2D eigenvalue weighted by Gasteiger charge is -2.26. The van der Waals surface area contributed by atoms with E-state index in [1.165, 1.54) is 0 Å². The molecule has 4 heterocycles. The molecule has 6 rings (SSSR count). The Hall–Kier alpha value is -4.37. The zero-order valence-electron chi connectivity index (χ0n) is 18.3. The van der Waals surface area contributed by atoms with Crippen LogP contribution in [-0.4, -0.2) is 28.0 Å². The molecule has 0 unspecified atom stereocenters. The molecular formula is C26H19N3O5S. The SMILES string of the molecule is O=C(O)c1ccc(-c2ccc([C@H]3[C@H](c4ccccn4)NC(=S)N3c3ccc4c(c3)OCO4)o2)cc1. The number of nitrogens with zero attached hydrogens (tertiary/aromatic N) is 2. The van der Waals surface area contributed by atoms with Gasteiger partial charge in [0, 0.05) is 23.5 Å². The molecule has 0 bridgehead atoms. The first-order chi connectivity index (χ1) is 17.1. The summed E-state index contributed by atoms with van der Waals surface area (Å²) < 4.78 is 17.4. The maximum Gasteiger partial charge on any atom is 0.335 e. The number of hydrogen-bond acceptors (Lipinski definition) is 6. The van der Waals surface area contributed by atoms with Crippen molar-refractivity contribution in [1.82, 2.24) is 10.3 Å². The number of carboxylic acids is 1. The van der Waals surface area contributed by atoms with Crippen molar-refractivity contribution in [3.8, 4) is 22.8 Å². The van der Waals surface area contributed by atoms with E-state index in [0.29, 0.717) is 28.1 Å². The van der Waals surface area contributed by atoms with E-state index in [1.807, 2.05) is 53.4 Å². The summed E-state index contributed by atoms with van der Waals surface area (Å²) in [5, 5.41) is 13.1. The third kappa shape index (κ3) is 3.75. The molecule has 4 aromatic rings. The minimum absolute atomic E-state index is 0.184. The van der Waals surface area contributed by atoms with Gasteiger partial charge in [-0.15, -0.1) is 0 Å². The predicted molar refractivity (Wildman–Crippen MR) is 132 cm³/mol. The molecule has 0 spiro atoms. The number of pyridine rings is 1. The highest BCUT2D eigenvalue weighted by molar-refractivity contribution is 7.80. The van der Waals surface area contributed by atoms with Gasteiger partial charge in [-0.1, -0.05) is 18.2 Å². The minimum Gasteiger partial charge on any atom is -0.478 e. The fraction of sp³-hybridized carbons (Fsp3) is 0.115. The van der Waals surface area contributed by atoms with Gasteiger partial charge in [0.15, 0.2) is 16.6 Å². The van der Waals surface area contributed by atoms with Gasteiger partial charge < -0.3 is 29.2 Å². The molecular weight excluding hydrogens is 466 g/mol. The normalized spacial score (nSPS) is 18.5. The maximum absolute atomic E-state index is 11.2. The lowest BCUT2D eigenvalue weighted by Crippen LogP contribution is -2.29. The van der Waals surface area contributed by atoms with E-state index in [-0.39, 0.29) is 24.4 Å². The Balaban J connectivity index is 1.41. The van der Waals surface area contributed by atoms with Crippen molar-refractivity contribution in [2.45, 2.75) is 12.1 Å². The first kappa shape index (κ1) is 21.2. The van der Waals surface area contributed by atoms with Crippen LogP contribution in [0.3, 0.4) is 0 Å². The molecule has 2 atom stereocenters. The molecule has 1 fully saturated rings. The first-order valence-electron chi connectivity index (χ1n) is 10.9. The zero-order chi connectivity index (χ0) is 23.9. The predicted octanol–water partition coefficient (Wildman–Crippen LogP) is 4.95. The topological polar surface area (TPSA) is 97.1 Å². The molecule has 174 valence electrons. The third-order valence-corrected chi connectivity index (χ3v) is 6.38. The number of aromatic carboxylic acids is 1. The number of ether oxygens (including phenoxy) is 2. The molecule has 2 N–H and O–H groups in total. The van der Waals surface area contributed by atoms with E-state index in [2.05, 4.69) is 10.3 Å². The number of thiocarbonyl (C=S) groups is 1. The number of nitrogens with one attached hydrogen (secondary N) is 1. The van der Waals surface area contributed by atoms with Crippen molar-refractivity contribution in [3.63, 3.8) is 0 Å². The molecule has 0 amide bonds. The van der Waals surface area contributed by atoms with Crippen LogP contribution in [0.25, 0.3) is 11.3 Å². The Bertz CT molecular complexity index is 1420. The molecule has 0 aliphatic carbocycles. The highest BCUT2D eigenvalue weighted by atomic mass is 32.1. The van der Waals surface area contributed by atoms with Gasteiger partial charge in [-0.2, -0.15) is 0 Å². The van der Waals surface area contributed by atoms with Crippen LogP contribution in [0.1, 0.15) is 33.9 Å². The molecule has 8 nitrogen and oxygen atoms in total. The van der Waals surface area contributed by atoms with Crippen molar-refractivity contribution >= 4 is 29.0 Å². The van der Waals surface area contributed by atoms with E-state index in [1.54, 1.807) is 30.5 Å². The second-order valence-electron chi connectivity index (χ2n) is 8.12. The van der Waals surface area contributed by atoms with E-state index in [0.717, 1.165) is 16.9 Å². The minimum atomic E-state index is -0.972. The highest BCUT2D eigenvalue weighted by Crippen LogP contribution is 2.45. The smallest absolute Gasteiger partial charge is 0.335 e. The van der Waals surface area contributed by atoms with Gasteiger partial charge in [-0.05, 0) is 60.7 Å². The van der Waals surface area contributed by atoms with Crippen LogP contribution in [0.2, 0.25) is 0 Å². The monoisotopic (exact) mass is 485 g/mol. The van der Waals surface area contributed by atoms with Gasteiger partial charge >= 0.3 is 5.97 Å². The van der Waals surface area contributed by atoms with E-state index in [4.69, 9.17) is 26.1 Å². The molecule has 35 heavy (non-hydrogen) atoms. The largest absolute Gasteiger partial charge is 0.478 e. The number of furan rings is 1. The van der Waals surface area contributed by atoms with Crippen molar-refractivity contribution < 1.29 is 23.8 Å². The van der Waals surface area contributed by atoms with Crippen molar-refractivity contribution in [2.24, 2.45) is 0 Å². The summed E-state index contributed by atoms with van der Waals surface area (Å²) >= 11 is 5.76. The van der Waals surface area contributed by atoms with E-state index in [9.17, 15) is 9.90 Å². The standard InChI is InChI=1S/C26H19N3O5S/c30-25(31)16-6-4-15(5-7-16)19-10-11-21(34-19)24-23(18-3-1-2-12-27-18)28-26(35)29(24)17-8-9-20-22(13-17)33-14-32-20/h1-13,23-24H,14H2,(H,28,35)(H,30,31)/t23-,24-/m0/s1. The first-order valence-corrected chi connectivity index (χ1v) is 11.3. The Kier molecular flexibility index (Phi) is 5.11. The molecule has 2 aliphatic rings. The molecule has 0 saturated carbocycles. The van der Waals surface area contributed by atoms with Crippen LogP contribution in [0.4, 0.5) is 5.69 Å². The van der Waals surface area contributed by atoms with Gasteiger partial charge in [-0.3, -0.25) is 4.98 Å². The summed E-state index contributed by atoms with van der Waals surface area (Å²) in [6.07, 6.45) is 1.75. The number of rotatable bonds is 5. The van der Waals surface area contributed by atoms with Crippen molar-refractivity contribution in [3.05, 3.63) is 96.0 Å². The molecule has 2 aliphatic heterocycles. The number of hydrogen-bond donors (Lipinski definition) is 2. The lowest BCUT2D eigenvalue weighted by molar-refractivity contribution is 0.0697. The average molecular weight is 486 g/mol. The molecule has 0 radical (unpaired) electrons. The van der Waals surface area contributed by atoms with Crippen molar-refractivity contribution in [2.75, 3.05) is 11.7 Å². The van der Waals surface area contributed by atoms with Gasteiger partial charge in [-0.25, -0.2) is 4.79 Å². The van der Waals surface area contributed by atoms with Crippen LogP contribution >= 0.6 is 12.2 Å². The quantitative estimate of drug-likeness (QED) is 0.381. The van der Waals surface area contributed by atoms with E-state index < -0.39 is 5.97 Å². The summed E-state index contributed by atoms with van der Waals surface area (Å²) in [7, 11) is 0. The van der Waals surface area contributed by atoms with Crippen LogP contribution in [0.5, 0.6) is 11.5 Å². The number of fused-ring (bicyclic) bond motifs is 1. The maximum atomic E-state index is 11.2. The van der Waals surface area contributed by atoms with Crippen LogP contribution in [0, 0.1) is 0 Å². The van der Waals surface area contributed by atoms with Gasteiger partial charge in [0.1, 0.15) is 17.6 Å². The molecule has 1 saturated heterocycles. The zero-order valence-corrected chi connectivity index (χ0v) is 19.1. The second kappa shape index (κ2) is 8.44. The van der Waals surface area contributed by atoms with Crippen molar-refractivity contribution in [1.29, 1.82) is 0 Å². The lowest BCUT2D eigenvalue weighted by atomic mass is 10.0. The summed E-state index contributed by atoms with van der Waals surface area (Å²) in [5.74, 6) is 1.68. The summed E-state index contributed by atoms with van der Waals surface area (Å²) in [6.45, 7) is 0.184. The number of carboxylic acid groups (broad SMARTS) is 1. The Morgan fingerprint density at radius 2 is 1.86 bits per heavy atom. The molecule has 2 aromatic carbocycles. The summed E-state index contributed by atoms with van der Waals surface area (Å²) in [4.78, 5) is 17.7. The summed E-state index contributed by atoms with van der Waals surface area (Å²) in [6, 6.07) is 21.2. The fourth-order valence-corrected chi connectivity index (χ4v) is 4.75. The molecule has 2 aromatic heterocycles. The summed E-state index contributed by atoms with van der Waals surface area (Å²) in [5.41, 5.74) is 2.65. The number of anilines is 1.